The molecule has 1 amide bonds. The molecule has 6 nitrogen and oxygen atoms in total. The van der Waals surface area contributed by atoms with Crippen LogP contribution in [-0.4, -0.2) is 62.1 Å². The quantitative estimate of drug-likeness (QED) is 0.576. The first kappa shape index (κ1) is 20.4. The number of methoxy groups -OCH3 is 1. The van der Waals surface area contributed by atoms with Gasteiger partial charge in [0.05, 0.1) is 13.5 Å². The van der Waals surface area contributed by atoms with Gasteiger partial charge in [-0.2, -0.15) is 0 Å². The van der Waals surface area contributed by atoms with Gasteiger partial charge in [0.15, 0.2) is 0 Å². The van der Waals surface area contributed by atoms with E-state index >= 15 is 0 Å². The molecule has 2 heterocycles. The second kappa shape index (κ2) is 9.73. The maximum absolute atomic E-state index is 12.6. The number of nitrogens with one attached hydrogen (secondary N) is 1. The molecular weight excluding hydrogens is 354 g/mol. The summed E-state index contributed by atoms with van der Waals surface area (Å²) in [5.41, 5.74) is 2.18. The third kappa shape index (κ3) is 4.93. The number of carbonyl (C=O) groups is 2. The van der Waals surface area contributed by atoms with Gasteiger partial charge in [0.1, 0.15) is 6.04 Å². The van der Waals surface area contributed by atoms with Crippen LogP contribution in [0.5, 0.6) is 0 Å². The summed E-state index contributed by atoms with van der Waals surface area (Å²) in [6.07, 6.45) is 6.01. The summed E-state index contributed by atoms with van der Waals surface area (Å²) in [7, 11) is 1.38. The van der Waals surface area contributed by atoms with Gasteiger partial charge in [-0.05, 0) is 43.4 Å². The Labute approximate surface area is 167 Å². The van der Waals surface area contributed by atoms with E-state index in [0.717, 1.165) is 44.5 Å². The molecule has 0 unspecified atom stereocenters. The van der Waals surface area contributed by atoms with Gasteiger partial charge in [-0.1, -0.05) is 18.2 Å². The van der Waals surface area contributed by atoms with Crippen LogP contribution in [0.2, 0.25) is 0 Å². The molecule has 6 heteroatoms. The van der Waals surface area contributed by atoms with E-state index in [2.05, 4.69) is 28.9 Å². The number of ether oxygens (including phenoxy) is 1. The van der Waals surface area contributed by atoms with E-state index in [1.165, 1.54) is 12.8 Å². The molecule has 2 aliphatic heterocycles. The highest BCUT2D eigenvalue weighted by atomic mass is 16.5. The highest BCUT2D eigenvalue weighted by Crippen LogP contribution is 2.23. The van der Waals surface area contributed by atoms with Crippen molar-refractivity contribution in [2.75, 3.05) is 38.2 Å². The number of nitrogens with zero attached hydrogens (tertiary/aromatic N) is 2. The van der Waals surface area contributed by atoms with Crippen LogP contribution in [0.3, 0.4) is 0 Å². The van der Waals surface area contributed by atoms with Crippen molar-refractivity contribution in [3.05, 3.63) is 42.5 Å². The topological polar surface area (TPSA) is 61.9 Å². The van der Waals surface area contributed by atoms with Gasteiger partial charge in [-0.15, -0.1) is 6.58 Å². The predicted octanol–water partition coefficient (Wildman–Crippen LogP) is 2.14. The number of piperidine rings is 1. The van der Waals surface area contributed by atoms with E-state index in [4.69, 9.17) is 4.74 Å². The number of anilines is 1. The number of hydrogen-bond acceptors (Lipinski definition) is 5. The summed E-state index contributed by atoms with van der Waals surface area (Å²) < 4.78 is 4.83. The molecule has 0 saturated carbocycles. The Bertz CT molecular complexity index is 681. The lowest BCUT2D eigenvalue weighted by Gasteiger charge is -2.34. The molecule has 1 atom stereocenters. The number of hydrogen-bond donors (Lipinski definition) is 1. The molecular formula is C22H31N3O3. The van der Waals surface area contributed by atoms with Gasteiger partial charge in [-0.25, -0.2) is 4.79 Å². The number of carbonyl (C=O) groups excluding carboxylic acids is 2. The highest BCUT2D eigenvalue weighted by molar-refractivity contribution is 5.86. The summed E-state index contributed by atoms with van der Waals surface area (Å²) in [6.45, 7) is 7.31. The van der Waals surface area contributed by atoms with E-state index < -0.39 is 6.04 Å². The number of likely N-dealkylation sites (tertiary alicyclic amines) is 1. The average molecular weight is 386 g/mol. The molecule has 0 aliphatic carbocycles. The van der Waals surface area contributed by atoms with Crippen molar-refractivity contribution >= 4 is 17.6 Å². The van der Waals surface area contributed by atoms with Crippen LogP contribution in [0, 0.1) is 0 Å². The van der Waals surface area contributed by atoms with E-state index in [1.54, 1.807) is 4.90 Å². The molecule has 28 heavy (non-hydrogen) atoms. The normalized spacial score (nSPS) is 20.2. The zero-order chi connectivity index (χ0) is 19.9. The summed E-state index contributed by atoms with van der Waals surface area (Å²) in [5, 5.41) is 3.50. The van der Waals surface area contributed by atoms with Crippen LogP contribution < -0.4 is 10.2 Å². The number of benzene rings is 1. The molecule has 0 radical (unpaired) electrons. The molecule has 1 aromatic carbocycles. The van der Waals surface area contributed by atoms with Crippen LogP contribution in [0.1, 0.15) is 31.2 Å². The van der Waals surface area contributed by atoms with Gasteiger partial charge < -0.3 is 19.9 Å². The maximum atomic E-state index is 12.6. The molecule has 1 N–H and O–H groups in total. The number of rotatable bonds is 7. The SMILES string of the molecule is C=CCNC1CCN(c2ccc(CC(=O)N3CCC[C@H]3C(=O)OC)cc2)CC1. The third-order valence-electron chi connectivity index (χ3n) is 5.75. The first-order chi connectivity index (χ1) is 13.6. The Hall–Kier alpha value is -2.34. The number of amides is 1. The minimum absolute atomic E-state index is 0.00485. The monoisotopic (exact) mass is 385 g/mol. The van der Waals surface area contributed by atoms with Crippen molar-refractivity contribution in [2.24, 2.45) is 0 Å². The van der Waals surface area contributed by atoms with Crippen molar-refractivity contribution in [1.29, 1.82) is 0 Å². The van der Waals surface area contributed by atoms with Crippen molar-refractivity contribution in [2.45, 2.75) is 44.2 Å². The zero-order valence-corrected chi connectivity index (χ0v) is 16.7. The van der Waals surface area contributed by atoms with Gasteiger partial charge in [0.2, 0.25) is 5.91 Å². The van der Waals surface area contributed by atoms with Gasteiger partial charge in [0.25, 0.3) is 0 Å². The average Bonchev–Trinajstić information content (AvgIpc) is 3.23. The lowest BCUT2D eigenvalue weighted by atomic mass is 10.0. The number of esters is 1. The van der Waals surface area contributed by atoms with E-state index in [-0.39, 0.29) is 11.9 Å². The van der Waals surface area contributed by atoms with Crippen molar-refractivity contribution in [3.8, 4) is 0 Å². The van der Waals surface area contributed by atoms with Crippen LogP contribution in [0.15, 0.2) is 36.9 Å². The van der Waals surface area contributed by atoms with E-state index in [0.29, 0.717) is 25.4 Å². The van der Waals surface area contributed by atoms with Gasteiger partial charge in [0, 0.05) is 37.9 Å². The summed E-state index contributed by atoms with van der Waals surface area (Å²) in [4.78, 5) is 28.6. The lowest BCUT2D eigenvalue weighted by Crippen LogP contribution is -2.42. The van der Waals surface area contributed by atoms with Crippen molar-refractivity contribution < 1.29 is 14.3 Å². The Morgan fingerprint density at radius 2 is 1.89 bits per heavy atom. The molecule has 3 rings (SSSR count). The Morgan fingerprint density at radius 3 is 2.54 bits per heavy atom. The molecule has 1 aromatic rings. The summed E-state index contributed by atoms with van der Waals surface area (Å²) in [6, 6.07) is 8.39. The van der Waals surface area contributed by atoms with Crippen LogP contribution >= 0.6 is 0 Å². The van der Waals surface area contributed by atoms with Crippen LogP contribution in [-0.2, 0) is 20.7 Å². The fourth-order valence-corrected chi connectivity index (χ4v) is 4.14. The minimum Gasteiger partial charge on any atom is -0.467 e. The largest absolute Gasteiger partial charge is 0.467 e. The zero-order valence-electron chi connectivity index (χ0n) is 16.7. The molecule has 152 valence electrons. The van der Waals surface area contributed by atoms with Gasteiger partial charge >= 0.3 is 5.97 Å². The second-order valence-electron chi connectivity index (χ2n) is 7.57. The first-order valence-corrected chi connectivity index (χ1v) is 10.2. The first-order valence-electron chi connectivity index (χ1n) is 10.2. The summed E-state index contributed by atoms with van der Waals surface area (Å²) in [5.74, 6) is -0.318. The van der Waals surface area contributed by atoms with Crippen LogP contribution in [0.4, 0.5) is 5.69 Å². The fraction of sp³-hybridized carbons (Fsp3) is 0.545. The Kier molecular flexibility index (Phi) is 7.09. The standard InChI is InChI=1S/C22H31N3O3/c1-3-12-23-18-10-14-24(15-11-18)19-8-6-17(7-9-19)16-21(26)25-13-4-5-20(25)22(27)28-2/h3,6-9,18,20,23H,1,4-5,10-16H2,2H3/t20-/m0/s1. The minimum atomic E-state index is -0.423. The second-order valence-corrected chi connectivity index (χ2v) is 7.57. The Balaban J connectivity index is 1.53. The smallest absolute Gasteiger partial charge is 0.328 e. The van der Waals surface area contributed by atoms with Crippen molar-refractivity contribution in [3.63, 3.8) is 0 Å². The molecule has 2 saturated heterocycles. The predicted molar refractivity (Wildman–Crippen MR) is 110 cm³/mol. The van der Waals surface area contributed by atoms with Gasteiger partial charge in [-0.3, -0.25) is 4.79 Å². The summed E-state index contributed by atoms with van der Waals surface area (Å²) >= 11 is 0. The molecule has 0 spiro atoms. The third-order valence-corrected chi connectivity index (χ3v) is 5.75. The Morgan fingerprint density at radius 1 is 1.18 bits per heavy atom. The van der Waals surface area contributed by atoms with Crippen LogP contribution in [0.25, 0.3) is 0 Å². The van der Waals surface area contributed by atoms with E-state index in [1.807, 2.05) is 18.2 Å². The maximum Gasteiger partial charge on any atom is 0.328 e. The molecule has 0 aromatic heterocycles. The highest BCUT2D eigenvalue weighted by Gasteiger charge is 2.34. The lowest BCUT2D eigenvalue weighted by molar-refractivity contribution is -0.150. The molecule has 2 fully saturated rings. The molecule has 2 aliphatic rings. The van der Waals surface area contributed by atoms with Crippen molar-refractivity contribution in [1.82, 2.24) is 10.2 Å². The molecule has 0 bridgehead atoms. The fourth-order valence-electron chi connectivity index (χ4n) is 4.14. The van der Waals surface area contributed by atoms with E-state index in [9.17, 15) is 9.59 Å².